The molecule has 0 unspecified atom stereocenters. The first-order chi connectivity index (χ1) is 7.74. The van der Waals surface area contributed by atoms with E-state index in [9.17, 15) is 4.79 Å². The van der Waals surface area contributed by atoms with E-state index >= 15 is 0 Å². The van der Waals surface area contributed by atoms with Gasteiger partial charge in [-0.2, -0.15) is 0 Å². The van der Waals surface area contributed by atoms with Crippen molar-refractivity contribution in [2.45, 2.75) is 41.5 Å². The number of allylic oxidation sites excluding steroid dienone is 2. The van der Waals surface area contributed by atoms with Crippen molar-refractivity contribution in [2.75, 3.05) is 6.61 Å². The molecule has 0 aliphatic carbocycles. The molecule has 1 aliphatic rings. The van der Waals surface area contributed by atoms with E-state index in [1.165, 1.54) is 0 Å². The summed E-state index contributed by atoms with van der Waals surface area (Å²) < 4.78 is 4.79. The number of carbonyl (C=O) groups is 1. The first-order valence-corrected chi connectivity index (χ1v) is 5.81. The third kappa shape index (κ3) is 6.92. The Bertz CT molecular complexity index is 245. The molecule has 0 aromatic rings. The Labute approximate surface area is 98.7 Å². The molecule has 0 aromatic carbocycles. The van der Waals surface area contributed by atoms with E-state index in [1.807, 2.05) is 34.6 Å². The van der Waals surface area contributed by atoms with Crippen LogP contribution in [0.15, 0.2) is 23.5 Å². The topological polar surface area (TPSA) is 50.4 Å². The van der Waals surface area contributed by atoms with Crippen LogP contribution in [0.5, 0.6) is 0 Å². The van der Waals surface area contributed by atoms with E-state index in [2.05, 4.69) is 10.9 Å². The average molecular weight is 228 g/mol. The van der Waals surface area contributed by atoms with E-state index in [4.69, 9.17) is 4.74 Å². The highest BCUT2D eigenvalue weighted by atomic mass is 16.5. The molecule has 0 saturated heterocycles. The monoisotopic (exact) mass is 228 g/mol. The van der Waals surface area contributed by atoms with Crippen LogP contribution in [0.3, 0.4) is 0 Å². The molecule has 2 N–H and O–H groups in total. The quantitative estimate of drug-likeness (QED) is 0.713. The van der Waals surface area contributed by atoms with E-state index in [0.29, 0.717) is 12.3 Å². The van der Waals surface area contributed by atoms with Gasteiger partial charge < -0.3 is 10.2 Å². The first-order valence-electron chi connectivity index (χ1n) is 5.81. The van der Waals surface area contributed by atoms with E-state index in [-0.39, 0.29) is 5.97 Å². The van der Waals surface area contributed by atoms with Gasteiger partial charge in [0.05, 0.1) is 6.61 Å². The molecule has 0 fully saturated rings. The Hall–Kier alpha value is -1.45. The number of carbonyl (C=O) groups excluding carboxylic acids is 1. The molecule has 0 aromatic heterocycles. The Morgan fingerprint density at radius 2 is 1.88 bits per heavy atom. The standard InChI is InChI=1S/C8H12N2O2.2C2H6/c1-3-12-8(11)7-4-6(2)5-9-10-7;2*1-2/h4-5,9-10H,3H2,1-2H3;2*1-2H3. The molecule has 0 spiro atoms. The Kier molecular flexibility index (Phi) is 12.3. The van der Waals surface area contributed by atoms with Gasteiger partial charge in [0.15, 0.2) is 0 Å². The molecule has 4 nitrogen and oxygen atoms in total. The zero-order valence-corrected chi connectivity index (χ0v) is 11.2. The second kappa shape index (κ2) is 11.6. The lowest BCUT2D eigenvalue weighted by Gasteiger charge is -2.14. The fraction of sp³-hybridized carbons (Fsp3) is 0.583. The van der Waals surface area contributed by atoms with Gasteiger partial charge in [0, 0.05) is 6.20 Å². The molecule has 0 amide bonds. The lowest BCUT2D eigenvalue weighted by Crippen LogP contribution is -2.33. The molecule has 0 bridgehead atoms. The molecule has 0 atom stereocenters. The Morgan fingerprint density at radius 3 is 2.31 bits per heavy atom. The van der Waals surface area contributed by atoms with Gasteiger partial charge in [-0.05, 0) is 25.5 Å². The SMILES string of the molecule is CC.CC.CCOC(=O)C1=CC(C)=CNN1. The van der Waals surface area contributed by atoms with Gasteiger partial charge >= 0.3 is 5.97 Å². The molecule has 0 radical (unpaired) electrons. The number of hydrogen-bond donors (Lipinski definition) is 2. The number of nitrogens with one attached hydrogen (secondary N) is 2. The van der Waals surface area contributed by atoms with Crippen LogP contribution in [0.25, 0.3) is 0 Å². The summed E-state index contributed by atoms with van der Waals surface area (Å²) in [4.78, 5) is 11.1. The lowest BCUT2D eigenvalue weighted by molar-refractivity contribution is -0.139. The van der Waals surface area contributed by atoms with Crippen molar-refractivity contribution in [2.24, 2.45) is 0 Å². The summed E-state index contributed by atoms with van der Waals surface area (Å²) in [6.07, 6.45) is 3.50. The van der Waals surface area contributed by atoms with Crippen LogP contribution in [0.1, 0.15) is 41.5 Å². The normalized spacial score (nSPS) is 12.1. The largest absolute Gasteiger partial charge is 0.461 e. The summed E-state index contributed by atoms with van der Waals surface area (Å²) in [5.41, 5.74) is 6.86. The zero-order chi connectivity index (χ0) is 13.0. The zero-order valence-electron chi connectivity index (χ0n) is 11.2. The average Bonchev–Trinajstić information content (AvgIpc) is 2.34. The predicted molar refractivity (Wildman–Crippen MR) is 67.4 cm³/mol. The van der Waals surface area contributed by atoms with Crippen molar-refractivity contribution < 1.29 is 9.53 Å². The highest BCUT2D eigenvalue weighted by Gasteiger charge is 2.11. The van der Waals surface area contributed by atoms with Crippen molar-refractivity contribution in [3.05, 3.63) is 23.5 Å². The van der Waals surface area contributed by atoms with Crippen LogP contribution in [-0.2, 0) is 9.53 Å². The highest BCUT2D eigenvalue weighted by molar-refractivity contribution is 5.88. The molecule has 16 heavy (non-hydrogen) atoms. The lowest BCUT2D eigenvalue weighted by atomic mass is 10.2. The second-order valence-electron chi connectivity index (χ2n) is 2.44. The molecular formula is C12H24N2O2. The van der Waals surface area contributed by atoms with Crippen LogP contribution in [-0.4, -0.2) is 12.6 Å². The summed E-state index contributed by atoms with van der Waals surface area (Å²) in [6.45, 7) is 12.1. The van der Waals surface area contributed by atoms with Gasteiger partial charge in [0.1, 0.15) is 5.70 Å². The second-order valence-corrected chi connectivity index (χ2v) is 2.44. The fourth-order valence-corrected chi connectivity index (χ4v) is 0.852. The van der Waals surface area contributed by atoms with Crippen molar-refractivity contribution in [3.63, 3.8) is 0 Å². The summed E-state index contributed by atoms with van der Waals surface area (Å²) in [5.74, 6) is -0.336. The molecular weight excluding hydrogens is 204 g/mol. The first kappa shape index (κ1) is 17.0. The third-order valence-electron chi connectivity index (χ3n) is 1.37. The minimum absolute atomic E-state index is 0.336. The number of ether oxygens (including phenoxy) is 1. The van der Waals surface area contributed by atoms with Crippen LogP contribution >= 0.6 is 0 Å². The molecule has 1 heterocycles. The minimum Gasteiger partial charge on any atom is -0.461 e. The Morgan fingerprint density at radius 1 is 1.31 bits per heavy atom. The van der Waals surface area contributed by atoms with Gasteiger partial charge in [-0.15, -0.1) is 0 Å². The van der Waals surface area contributed by atoms with Crippen molar-refractivity contribution in [3.8, 4) is 0 Å². The fourth-order valence-electron chi connectivity index (χ4n) is 0.852. The highest BCUT2D eigenvalue weighted by Crippen LogP contribution is 2.03. The maximum Gasteiger partial charge on any atom is 0.356 e. The van der Waals surface area contributed by atoms with Gasteiger partial charge in [-0.1, -0.05) is 27.7 Å². The predicted octanol–water partition coefficient (Wildman–Crippen LogP) is 2.50. The van der Waals surface area contributed by atoms with Gasteiger partial charge in [-0.3, -0.25) is 5.43 Å². The molecule has 1 rings (SSSR count). The maximum absolute atomic E-state index is 11.1. The van der Waals surface area contributed by atoms with Crippen LogP contribution in [0, 0.1) is 0 Å². The molecule has 1 aliphatic heterocycles. The van der Waals surface area contributed by atoms with E-state index in [0.717, 1.165) is 5.57 Å². The van der Waals surface area contributed by atoms with Crippen molar-refractivity contribution in [1.29, 1.82) is 0 Å². The van der Waals surface area contributed by atoms with Gasteiger partial charge in [0.25, 0.3) is 0 Å². The Balaban J connectivity index is 0. The molecule has 0 saturated carbocycles. The summed E-state index contributed by atoms with van der Waals surface area (Å²) >= 11 is 0. The van der Waals surface area contributed by atoms with E-state index in [1.54, 1.807) is 19.2 Å². The third-order valence-corrected chi connectivity index (χ3v) is 1.37. The van der Waals surface area contributed by atoms with Crippen molar-refractivity contribution in [1.82, 2.24) is 10.9 Å². The number of hydrazine groups is 1. The van der Waals surface area contributed by atoms with E-state index < -0.39 is 0 Å². The minimum atomic E-state index is -0.336. The number of esters is 1. The summed E-state index contributed by atoms with van der Waals surface area (Å²) in [7, 11) is 0. The number of hydrogen-bond acceptors (Lipinski definition) is 4. The molecule has 94 valence electrons. The van der Waals surface area contributed by atoms with Crippen LogP contribution < -0.4 is 10.9 Å². The van der Waals surface area contributed by atoms with Crippen LogP contribution in [0.4, 0.5) is 0 Å². The van der Waals surface area contributed by atoms with Gasteiger partial charge in [0.2, 0.25) is 0 Å². The van der Waals surface area contributed by atoms with Crippen LogP contribution in [0.2, 0.25) is 0 Å². The smallest absolute Gasteiger partial charge is 0.356 e. The number of rotatable bonds is 2. The maximum atomic E-state index is 11.1. The summed E-state index contributed by atoms with van der Waals surface area (Å²) in [6, 6.07) is 0. The molecule has 4 heteroatoms. The van der Waals surface area contributed by atoms with Crippen molar-refractivity contribution >= 4 is 5.97 Å². The van der Waals surface area contributed by atoms with Gasteiger partial charge in [-0.25, -0.2) is 4.79 Å². The summed E-state index contributed by atoms with van der Waals surface area (Å²) in [5, 5.41) is 0.